The number of allylic oxidation sites excluding steroid dienone is 4. The van der Waals surface area contributed by atoms with E-state index in [0.717, 1.165) is 0 Å². The van der Waals surface area contributed by atoms with Gasteiger partial charge in [-0.2, -0.15) is 0 Å². The number of ether oxygens (including phenoxy) is 4. The third-order valence-electron chi connectivity index (χ3n) is 6.68. The van der Waals surface area contributed by atoms with Crippen LogP contribution >= 0.6 is 0 Å². The smallest absolute Gasteiger partial charge is 0.193 e. The largest absolute Gasteiger partial charge is 0.507 e. The summed E-state index contributed by atoms with van der Waals surface area (Å²) in [4.78, 5) is 25.8. The van der Waals surface area contributed by atoms with Crippen LogP contribution in [-0.4, -0.2) is 50.2 Å². The lowest BCUT2D eigenvalue weighted by molar-refractivity contribution is 0.102. The number of carbonyl (C=O) groups is 2. The highest BCUT2D eigenvalue weighted by Gasteiger charge is 2.49. The number of rotatable bonds is 4. The number of methoxy groups -OCH3 is 4. The molecular formula is C26H22O8. The summed E-state index contributed by atoms with van der Waals surface area (Å²) in [6.45, 7) is 0. The molecule has 1 unspecified atom stereocenters. The highest BCUT2D eigenvalue weighted by Crippen LogP contribution is 2.55. The van der Waals surface area contributed by atoms with Crippen LogP contribution in [0, 0.1) is 0 Å². The average molecular weight is 462 g/mol. The van der Waals surface area contributed by atoms with E-state index in [2.05, 4.69) is 0 Å². The van der Waals surface area contributed by atoms with Gasteiger partial charge in [-0.25, -0.2) is 0 Å². The Morgan fingerprint density at radius 2 is 1.50 bits per heavy atom. The minimum absolute atomic E-state index is 0.134. The molecule has 3 aliphatic rings. The number of carbonyl (C=O) groups excluding carboxylic acids is 2. The Hall–Kier alpha value is -4.20. The van der Waals surface area contributed by atoms with Gasteiger partial charge in [0.25, 0.3) is 0 Å². The van der Waals surface area contributed by atoms with E-state index < -0.39 is 11.2 Å². The molecule has 0 heterocycles. The Morgan fingerprint density at radius 1 is 0.794 bits per heavy atom. The molecule has 0 amide bonds. The van der Waals surface area contributed by atoms with Crippen LogP contribution in [-0.2, 0) is 21.3 Å². The molecule has 1 atom stereocenters. The zero-order chi connectivity index (χ0) is 24.4. The second kappa shape index (κ2) is 7.41. The topological polar surface area (TPSA) is 112 Å². The van der Waals surface area contributed by atoms with Gasteiger partial charge in [-0.15, -0.1) is 0 Å². The Labute approximate surface area is 195 Å². The maximum absolute atomic E-state index is 13.0. The van der Waals surface area contributed by atoms with Crippen molar-refractivity contribution in [3.8, 4) is 23.0 Å². The fraction of sp³-hybridized carbons (Fsp3) is 0.231. The second-order valence-electron chi connectivity index (χ2n) is 8.26. The quantitative estimate of drug-likeness (QED) is 0.711. The molecule has 0 aromatic heterocycles. The van der Waals surface area contributed by atoms with Crippen molar-refractivity contribution in [1.82, 2.24) is 0 Å². The normalized spacial score (nSPS) is 20.1. The van der Waals surface area contributed by atoms with E-state index in [1.54, 1.807) is 6.07 Å². The SMILES string of the molecule is COC1=CC(=O)c2c(O)cc(OC)c3c2C1=CC1(C3)C(OC)=CC(=O)c2c(O)cc(OC)cc21. The minimum atomic E-state index is -1.06. The molecule has 8 nitrogen and oxygen atoms in total. The monoisotopic (exact) mass is 462 g/mol. The molecular weight excluding hydrogens is 440 g/mol. The molecule has 2 aromatic carbocycles. The molecule has 2 N–H and O–H groups in total. The van der Waals surface area contributed by atoms with Crippen LogP contribution in [0.2, 0.25) is 0 Å². The lowest BCUT2D eigenvalue weighted by Crippen LogP contribution is -2.39. The number of phenolic OH excluding ortho intramolecular Hbond substituents is 2. The van der Waals surface area contributed by atoms with Gasteiger partial charge < -0.3 is 29.2 Å². The first-order valence-corrected chi connectivity index (χ1v) is 10.5. The summed E-state index contributed by atoms with van der Waals surface area (Å²) in [7, 11) is 5.86. The summed E-state index contributed by atoms with van der Waals surface area (Å²) >= 11 is 0. The molecule has 174 valence electrons. The highest BCUT2D eigenvalue weighted by atomic mass is 16.5. The molecule has 0 bridgehead atoms. The lowest BCUT2D eigenvalue weighted by Gasteiger charge is -2.42. The molecule has 0 radical (unpaired) electrons. The van der Waals surface area contributed by atoms with Crippen molar-refractivity contribution in [1.29, 1.82) is 0 Å². The summed E-state index contributed by atoms with van der Waals surface area (Å²) in [5, 5.41) is 21.4. The third kappa shape index (κ3) is 2.71. The number of phenols is 2. The van der Waals surface area contributed by atoms with E-state index in [-0.39, 0.29) is 34.8 Å². The molecule has 0 aliphatic heterocycles. The maximum Gasteiger partial charge on any atom is 0.193 e. The summed E-state index contributed by atoms with van der Waals surface area (Å²) in [6, 6.07) is 4.48. The van der Waals surface area contributed by atoms with Gasteiger partial charge in [0.1, 0.15) is 34.5 Å². The third-order valence-corrected chi connectivity index (χ3v) is 6.68. The standard InChI is InChI=1S/C26H22O8/c1-31-12-5-15-24(16(27)6-12)19(30)9-22(34-4)26(15)10-13-20(32-2)7-17(28)25-18(29)8-21(33-3)14(11-26)23(13)25/h5-10,27,29H,11H2,1-4H3. The van der Waals surface area contributed by atoms with Crippen LogP contribution < -0.4 is 9.47 Å². The second-order valence-corrected chi connectivity index (χ2v) is 8.26. The fourth-order valence-electron chi connectivity index (χ4n) is 5.23. The van der Waals surface area contributed by atoms with Crippen molar-refractivity contribution in [2.45, 2.75) is 11.8 Å². The minimum Gasteiger partial charge on any atom is -0.507 e. The molecule has 3 aliphatic carbocycles. The molecule has 34 heavy (non-hydrogen) atoms. The summed E-state index contributed by atoms with van der Waals surface area (Å²) in [5.41, 5.74) is 1.39. The van der Waals surface area contributed by atoms with Gasteiger partial charge in [-0.05, 0) is 18.1 Å². The van der Waals surface area contributed by atoms with Gasteiger partial charge in [0.05, 0.1) is 45.0 Å². The van der Waals surface area contributed by atoms with E-state index in [1.807, 2.05) is 6.08 Å². The first-order valence-electron chi connectivity index (χ1n) is 10.5. The Bertz CT molecular complexity index is 1380. The van der Waals surface area contributed by atoms with Crippen LogP contribution in [0.3, 0.4) is 0 Å². The van der Waals surface area contributed by atoms with Gasteiger partial charge in [-0.1, -0.05) is 6.08 Å². The van der Waals surface area contributed by atoms with Gasteiger partial charge in [-0.3, -0.25) is 9.59 Å². The van der Waals surface area contributed by atoms with E-state index in [1.165, 1.54) is 52.7 Å². The molecule has 8 heteroatoms. The van der Waals surface area contributed by atoms with Gasteiger partial charge >= 0.3 is 0 Å². The van der Waals surface area contributed by atoms with E-state index in [0.29, 0.717) is 45.3 Å². The lowest BCUT2D eigenvalue weighted by atomic mass is 9.62. The first kappa shape index (κ1) is 21.6. The maximum atomic E-state index is 13.0. The Balaban J connectivity index is 1.93. The van der Waals surface area contributed by atoms with Gasteiger partial charge in [0.2, 0.25) is 0 Å². The van der Waals surface area contributed by atoms with Crippen molar-refractivity contribution >= 4 is 17.1 Å². The van der Waals surface area contributed by atoms with Crippen molar-refractivity contribution in [3.05, 3.63) is 75.8 Å². The van der Waals surface area contributed by atoms with Crippen molar-refractivity contribution in [2.75, 3.05) is 28.4 Å². The number of benzene rings is 2. The van der Waals surface area contributed by atoms with Crippen molar-refractivity contribution in [2.24, 2.45) is 0 Å². The predicted octanol–water partition coefficient (Wildman–Crippen LogP) is 3.45. The fourth-order valence-corrected chi connectivity index (χ4v) is 5.23. The Kier molecular flexibility index (Phi) is 4.72. The summed E-state index contributed by atoms with van der Waals surface area (Å²) in [6.07, 6.45) is 4.74. The summed E-state index contributed by atoms with van der Waals surface area (Å²) < 4.78 is 22.2. The van der Waals surface area contributed by atoms with E-state index in [4.69, 9.17) is 18.9 Å². The first-order chi connectivity index (χ1) is 16.3. The van der Waals surface area contributed by atoms with Gasteiger partial charge in [0.15, 0.2) is 11.6 Å². The molecule has 0 saturated heterocycles. The van der Waals surface area contributed by atoms with Crippen LogP contribution in [0.25, 0.3) is 5.57 Å². The van der Waals surface area contributed by atoms with Gasteiger partial charge in [0, 0.05) is 41.0 Å². The highest BCUT2D eigenvalue weighted by molar-refractivity contribution is 6.17. The zero-order valence-corrected chi connectivity index (χ0v) is 19.0. The average Bonchev–Trinajstić information content (AvgIpc) is 2.83. The van der Waals surface area contributed by atoms with Crippen LogP contribution in [0.4, 0.5) is 0 Å². The van der Waals surface area contributed by atoms with Crippen molar-refractivity contribution in [3.63, 3.8) is 0 Å². The van der Waals surface area contributed by atoms with E-state index >= 15 is 0 Å². The number of fused-ring (bicyclic) bond motifs is 2. The van der Waals surface area contributed by atoms with Crippen LogP contribution in [0.1, 0.15) is 37.4 Å². The molecule has 5 rings (SSSR count). The number of hydrogen-bond donors (Lipinski definition) is 2. The molecule has 1 spiro atoms. The Morgan fingerprint density at radius 3 is 2.15 bits per heavy atom. The van der Waals surface area contributed by atoms with Crippen LogP contribution in [0.15, 0.2) is 47.9 Å². The van der Waals surface area contributed by atoms with Crippen molar-refractivity contribution < 1.29 is 38.7 Å². The molecule has 0 saturated carbocycles. The van der Waals surface area contributed by atoms with E-state index in [9.17, 15) is 19.8 Å². The number of aromatic hydroxyl groups is 2. The number of hydrogen-bond acceptors (Lipinski definition) is 8. The predicted molar refractivity (Wildman–Crippen MR) is 122 cm³/mol. The van der Waals surface area contributed by atoms with Crippen LogP contribution in [0.5, 0.6) is 23.0 Å². The zero-order valence-electron chi connectivity index (χ0n) is 19.0. The molecule has 0 fully saturated rings. The summed E-state index contributed by atoms with van der Waals surface area (Å²) in [5.74, 6) is 0.177. The number of ketones is 2. The molecule has 2 aromatic rings.